The maximum atomic E-state index is 13.4. The van der Waals surface area contributed by atoms with Crippen molar-refractivity contribution in [1.29, 1.82) is 0 Å². The topological polar surface area (TPSA) is 20.7 Å². The predicted octanol–water partition coefficient (Wildman–Crippen LogP) is 3.48. The van der Waals surface area contributed by atoms with Crippen molar-refractivity contribution in [3.8, 4) is 0 Å². The van der Waals surface area contributed by atoms with Crippen molar-refractivity contribution in [3.05, 3.63) is 51.8 Å². The van der Waals surface area contributed by atoms with Crippen LogP contribution in [-0.4, -0.2) is 9.55 Å². The fraction of sp³-hybridized carbons (Fsp3) is 0.182. The minimum Gasteiger partial charge on any atom is -0.337 e. The summed E-state index contributed by atoms with van der Waals surface area (Å²) < 4.78 is 67.2. The molecule has 0 saturated heterocycles. The quantitative estimate of drug-likeness (QED) is 0.398. The lowest BCUT2D eigenvalue weighted by molar-refractivity contribution is 0.368. The van der Waals surface area contributed by atoms with E-state index in [9.17, 15) is 22.0 Å². The van der Waals surface area contributed by atoms with Crippen molar-refractivity contribution >= 4 is 12.2 Å². The second-order valence-corrected chi connectivity index (χ2v) is 4.14. The number of rotatable bonds is 3. The number of H-pyrrole nitrogens is 1. The van der Waals surface area contributed by atoms with Crippen molar-refractivity contribution in [2.75, 3.05) is 0 Å². The third-order valence-corrected chi connectivity index (χ3v) is 2.98. The Bertz CT molecular complexity index is 647. The molecule has 102 valence electrons. The fourth-order valence-corrected chi connectivity index (χ4v) is 1.85. The SMILES string of the molecule is Fc1c(F)c(F)c(CCn2cc[nH]c2=S)c(F)c1F. The number of imidazole rings is 1. The molecule has 0 atom stereocenters. The van der Waals surface area contributed by atoms with Crippen molar-refractivity contribution < 1.29 is 22.0 Å². The molecule has 0 spiro atoms. The third-order valence-electron chi connectivity index (χ3n) is 2.63. The summed E-state index contributed by atoms with van der Waals surface area (Å²) in [5, 5.41) is 0. The van der Waals surface area contributed by atoms with Crippen molar-refractivity contribution in [1.82, 2.24) is 9.55 Å². The van der Waals surface area contributed by atoms with Crippen LogP contribution in [0.4, 0.5) is 22.0 Å². The zero-order valence-electron chi connectivity index (χ0n) is 9.31. The number of aromatic nitrogens is 2. The maximum absolute atomic E-state index is 13.4. The van der Waals surface area contributed by atoms with E-state index in [1.54, 1.807) is 0 Å². The molecule has 0 radical (unpaired) electrons. The van der Waals surface area contributed by atoms with Gasteiger partial charge in [-0.2, -0.15) is 0 Å². The molecule has 0 amide bonds. The summed E-state index contributed by atoms with van der Waals surface area (Å²) in [5.74, 6) is -9.65. The van der Waals surface area contributed by atoms with Crippen LogP contribution < -0.4 is 0 Å². The highest BCUT2D eigenvalue weighted by Gasteiger charge is 2.25. The maximum Gasteiger partial charge on any atom is 0.200 e. The Balaban J connectivity index is 2.36. The summed E-state index contributed by atoms with van der Waals surface area (Å²) in [6.45, 7) is 0.000680. The molecule has 1 N–H and O–H groups in total. The van der Waals surface area contributed by atoms with E-state index in [1.807, 2.05) is 0 Å². The van der Waals surface area contributed by atoms with Gasteiger partial charge in [0, 0.05) is 24.5 Å². The highest BCUT2D eigenvalue weighted by molar-refractivity contribution is 7.71. The third kappa shape index (κ3) is 2.40. The number of nitrogens with zero attached hydrogens (tertiary/aromatic N) is 1. The Labute approximate surface area is 109 Å². The molecule has 1 aromatic carbocycles. The van der Waals surface area contributed by atoms with Crippen LogP contribution in [0.15, 0.2) is 12.4 Å². The lowest BCUT2D eigenvalue weighted by atomic mass is 10.1. The first-order valence-corrected chi connectivity index (χ1v) is 5.58. The monoisotopic (exact) mass is 294 g/mol. The summed E-state index contributed by atoms with van der Waals surface area (Å²) in [7, 11) is 0. The van der Waals surface area contributed by atoms with E-state index in [-0.39, 0.29) is 13.0 Å². The average Bonchev–Trinajstić information content (AvgIpc) is 2.80. The van der Waals surface area contributed by atoms with E-state index in [0.29, 0.717) is 4.77 Å². The first kappa shape index (κ1) is 13.7. The Morgan fingerprint density at radius 2 is 1.47 bits per heavy atom. The predicted molar refractivity (Wildman–Crippen MR) is 59.6 cm³/mol. The van der Waals surface area contributed by atoms with Gasteiger partial charge in [0.25, 0.3) is 0 Å². The van der Waals surface area contributed by atoms with Crippen LogP contribution in [0.2, 0.25) is 0 Å². The van der Waals surface area contributed by atoms with Gasteiger partial charge in [-0.3, -0.25) is 0 Å². The lowest BCUT2D eigenvalue weighted by Crippen LogP contribution is -2.10. The van der Waals surface area contributed by atoms with Crippen LogP contribution in [0, 0.1) is 33.9 Å². The molecule has 0 aliphatic rings. The minimum absolute atomic E-state index is 0.000680. The number of aryl methyl sites for hydroxylation is 1. The van der Waals surface area contributed by atoms with Gasteiger partial charge in [-0.15, -0.1) is 0 Å². The van der Waals surface area contributed by atoms with Gasteiger partial charge >= 0.3 is 0 Å². The van der Waals surface area contributed by atoms with Crippen molar-refractivity contribution in [2.45, 2.75) is 13.0 Å². The van der Waals surface area contributed by atoms with Gasteiger partial charge in [0.2, 0.25) is 5.82 Å². The molecule has 0 unspecified atom stereocenters. The molecule has 19 heavy (non-hydrogen) atoms. The first-order chi connectivity index (χ1) is 8.93. The lowest BCUT2D eigenvalue weighted by Gasteiger charge is -2.08. The van der Waals surface area contributed by atoms with Crippen LogP contribution in [-0.2, 0) is 13.0 Å². The zero-order valence-corrected chi connectivity index (χ0v) is 10.1. The van der Waals surface area contributed by atoms with E-state index in [4.69, 9.17) is 12.2 Å². The van der Waals surface area contributed by atoms with E-state index < -0.39 is 34.6 Å². The van der Waals surface area contributed by atoms with Crippen LogP contribution in [0.1, 0.15) is 5.56 Å². The molecule has 8 heteroatoms. The van der Waals surface area contributed by atoms with Crippen molar-refractivity contribution in [2.24, 2.45) is 0 Å². The second-order valence-electron chi connectivity index (χ2n) is 3.76. The first-order valence-electron chi connectivity index (χ1n) is 5.17. The number of benzene rings is 1. The standard InChI is InChI=1S/C11H7F5N2S/c12-6-5(1-3-18-4-2-17-11(18)19)7(13)9(15)10(16)8(6)14/h2,4H,1,3H2,(H,17,19). The minimum atomic E-state index is -2.16. The Kier molecular flexibility index (Phi) is 3.70. The van der Waals surface area contributed by atoms with Crippen LogP contribution in [0.3, 0.4) is 0 Å². The molecule has 2 aromatic rings. The summed E-state index contributed by atoms with van der Waals surface area (Å²) in [4.78, 5) is 2.65. The van der Waals surface area contributed by atoms with Crippen LogP contribution >= 0.6 is 12.2 Å². The normalized spacial score (nSPS) is 11.0. The molecule has 0 bridgehead atoms. The Morgan fingerprint density at radius 3 is 1.95 bits per heavy atom. The van der Waals surface area contributed by atoms with E-state index >= 15 is 0 Å². The fourth-order valence-electron chi connectivity index (χ4n) is 1.63. The van der Waals surface area contributed by atoms with Gasteiger partial charge in [-0.1, -0.05) is 0 Å². The number of nitrogens with one attached hydrogen (secondary N) is 1. The Hall–Kier alpha value is -1.70. The number of hydrogen-bond acceptors (Lipinski definition) is 1. The van der Waals surface area contributed by atoms with Gasteiger partial charge < -0.3 is 9.55 Å². The summed E-state index contributed by atoms with van der Waals surface area (Å²) in [6, 6.07) is 0. The van der Waals surface area contributed by atoms with Crippen LogP contribution in [0.25, 0.3) is 0 Å². The number of hydrogen-bond donors (Lipinski definition) is 1. The molecular formula is C11H7F5N2S. The molecular weight excluding hydrogens is 287 g/mol. The van der Waals surface area contributed by atoms with Crippen molar-refractivity contribution in [3.63, 3.8) is 0 Å². The molecule has 1 aromatic heterocycles. The smallest absolute Gasteiger partial charge is 0.200 e. The second kappa shape index (κ2) is 5.12. The molecule has 0 fully saturated rings. The molecule has 0 aliphatic heterocycles. The van der Waals surface area contributed by atoms with Gasteiger partial charge in [0.15, 0.2) is 28.0 Å². The summed E-state index contributed by atoms with van der Waals surface area (Å²) >= 11 is 4.85. The largest absolute Gasteiger partial charge is 0.337 e. The number of aromatic amines is 1. The van der Waals surface area contributed by atoms with E-state index in [0.717, 1.165) is 0 Å². The highest BCUT2D eigenvalue weighted by Crippen LogP contribution is 2.23. The molecule has 2 rings (SSSR count). The van der Waals surface area contributed by atoms with E-state index in [2.05, 4.69) is 4.98 Å². The van der Waals surface area contributed by atoms with Crippen LogP contribution in [0.5, 0.6) is 0 Å². The molecule has 0 aliphatic carbocycles. The van der Waals surface area contributed by atoms with Gasteiger partial charge in [-0.25, -0.2) is 22.0 Å². The molecule has 0 saturated carbocycles. The van der Waals surface area contributed by atoms with E-state index in [1.165, 1.54) is 17.0 Å². The molecule has 1 heterocycles. The molecule has 2 nitrogen and oxygen atoms in total. The zero-order chi connectivity index (χ0) is 14.2. The average molecular weight is 294 g/mol. The van der Waals surface area contributed by atoms with Gasteiger partial charge in [0.1, 0.15) is 0 Å². The Morgan fingerprint density at radius 1 is 0.947 bits per heavy atom. The summed E-state index contributed by atoms with van der Waals surface area (Å²) in [6.07, 6.45) is 2.65. The van der Waals surface area contributed by atoms with Gasteiger partial charge in [0.05, 0.1) is 0 Å². The highest BCUT2D eigenvalue weighted by atomic mass is 32.1. The summed E-state index contributed by atoms with van der Waals surface area (Å²) in [5.41, 5.74) is -0.848. The van der Waals surface area contributed by atoms with Gasteiger partial charge in [-0.05, 0) is 18.6 Å². The number of halogens is 5.